The average Bonchev–Trinajstić information content (AvgIpc) is 2.92. The minimum absolute atomic E-state index is 0.110. The molecule has 0 radical (unpaired) electrons. The van der Waals surface area contributed by atoms with Gasteiger partial charge < -0.3 is 23.2 Å². The van der Waals surface area contributed by atoms with E-state index >= 15 is 0 Å². The molecule has 2 aromatic rings. The van der Waals surface area contributed by atoms with Crippen molar-refractivity contribution in [3.05, 3.63) is 29.8 Å². The normalized spacial score (nSPS) is 19.1. The predicted octanol–water partition coefficient (Wildman–Crippen LogP) is 6.24. The van der Waals surface area contributed by atoms with Crippen molar-refractivity contribution in [3.8, 4) is 11.5 Å². The van der Waals surface area contributed by atoms with Crippen LogP contribution >= 0.6 is 0 Å². The van der Waals surface area contributed by atoms with Gasteiger partial charge in [0.1, 0.15) is 11.5 Å². The molecular weight excluding hydrogens is 431 g/mol. The standard InChI is InChI=1S/C26H41BO5Si/c1-17(30-33(11,12)24(2,3)4)20-16-22(28-9)19-14-13-18(15-21(19)23(20)29-10)27-31-25(5,6)26(7,8)32-27/h13-17H,1-12H3. The summed E-state index contributed by atoms with van der Waals surface area (Å²) in [6, 6.07) is 8.25. The van der Waals surface area contributed by atoms with Gasteiger partial charge in [0.25, 0.3) is 0 Å². The van der Waals surface area contributed by atoms with Gasteiger partial charge in [-0.15, -0.1) is 0 Å². The van der Waals surface area contributed by atoms with E-state index in [1.807, 2.05) is 12.1 Å². The molecule has 1 atom stereocenters. The van der Waals surface area contributed by atoms with Crippen molar-refractivity contribution < 1.29 is 23.2 Å². The highest BCUT2D eigenvalue weighted by Crippen LogP contribution is 2.45. The molecular formula is C26H41BO5Si. The summed E-state index contributed by atoms with van der Waals surface area (Å²) in [4.78, 5) is 0. The molecule has 0 amide bonds. The van der Waals surface area contributed by atoms with Gasteiger partial charge >= 0.3 is 7.12 Å². The van der Waals surface area contributed by atoms with Gasteiger partial charge in [-0.1, -0.05) is 39.0 Å². The lowest BCUT2D eigenvalue weighted by atomic mass is 9.78. The van der Waals surface area contributed by atoms with Crippen LogP contribution in [-0.2, 0) is 13.7 Å². The van der Waals surface area contributed by atoms with Gasteiger partial charge in [0.2, 0.25) is 0 Å². The fourth-order valence-corrected chi connectivity index (χ4v) is 5.28. The van der Waals surface area contributed by atoms with Crippen LogP contribution < -0.4 is 14.9 Å². The second kappa shape index (κ2) is 8.60. The van der Waals surface area contributed by atoms with Crippen LogP contribution in [0.25, 0.3) is 10.8 Å². The molecule has 0 spiro atoms. The molecule has 3 rings (SSSR count). The molecule has 1 aliphatic rings. The third-order valence-corrected chi connectivity index (χ3v) is 12.3. The summed E-state index contributed by atoms with van der Waals surface area (Å²) >= 11 is 0. The molecule has 0 aliphatic carbocycles. The monoisotopic (exact) mass is 472 g/mol. The van der Waals surface area contributed by atoms with E-state index in [-0.39, 0.29) is 11.1 Å². The Morgan fingerprint density at radius 1 is 0.909 bits per heavy atom. The number of benzene rings is 2. The molecule has 1 aliphatic heterocycles. The first-order chi connectivity index (χ1) is 15.0. The van der Waals surface area contributed by atoms with Crippen molar-refractivity contribution >= 4 is 31.7 Å². The number of methoxy groups -OCH3 is 2. The molecule has 2 aromatic carbocycles. The van der Waals surface area contributed by atoms with Crippen molar-refractivity contribution in [2.75, 3.05) is 14.2 Å². The lowest BCUT2D eigenvalue weighted by Gasteiger charge is -2.38. The lowest BCUT2D eigenvalue weighted by Crippen LogP contribution is -2.41. The Labute approximate surface area is 201 Å². The largest absolute Gasteiger partial charge is 0.496 e. The highest BCUT2D eigenvalue weighted by atomic mass is 28.4. The zero-order chi connectivity index (χ0) is 25.0. The van der Waals surface area contributed by atoms with Crippen LogP contribution in [0.1, 0.15) is 67.1 Å². The minimum Gasteiger partial charge on any atom is -0.496 e. The smallest absolute Gasteiger partial charge is 0.494 e. The highest BCUT2D eigenvalue weighted by Gasteiger charge is 2.51. The Balaban J connectivity index is 2.11. The van der Waals surface area contributed by atoms with Crippen LogP contribution in [0.4, 0.5) is 0 Å². The third-order valence-electron chi connectivity index (χ3n) is 7.77. The Morgan fingerprint density at radius 2 is 1.48 bits per heavy atom. The zero-order valence-corrected chi connectivity index (χ0v) is 23.5. The molecule has 0 aromatic heterocycles. The van der Waals surface area contributed by atoms with Crippen LogP contribution in [0.2, 0.25) is 18.1 Å². The lowest BCUT2D eigenvalue weighted by molar-refractivity contribution is 0.00578. The van der Waals surface area contributed by atoms with Crippen molar-refractivity contribution in [1.29, 1.82) is 0 Å². The first-order valence-electron chi connectivity index (χ1n) is 11.8. The van der Waals surface area contributed by atoms with Gasteiger partial charge in [-0.25, -0.2) is 0 Å². The fraction of sp³-hybridized carbons (Fsp3) is 0.615. The fourth-order valence-electron chi connectivity index (χ4n) is 3.91. The van der Waals surface area contributed by atoms with Crippen molar-refractivity contribution in [2.45, 2.75) is 90.8 Å². The number of hydrogen-bond donors (Lipinski definition) is 0. The van der Waals surface area contributed by atoms with E-state index < -0.39 is 26.6 Å². The maximum atomic E-state index is 6.72. The second-order valence-electron chi connectivity index (χ2n) is 11.6. The third kappa shape index (κ3) is 4.70. The summed E-state index contributed by atoms with van der Waals surface area (Å²) in [5.41, 5.74) is 1.14. The van der Waals surface area contributed by atoms with Gasteiger partial charge in [0.15, 0.2) is 8.32 Å². The van der Waals surface area contributed by atoms with Crippen LogP contribution in [0.5, 0.6) is 11.5 Å². The summed E-state index contributed by atoms with van der Waals surface area (Å²) < 4.78 is 31.1. The number of rotatable bonds is 6. The van der Waals surface area contributed by atoms with Crippen LogP contribution in [0.15, 0.2) is 24.3 Å². The summed E-state index contributed by atoms with van der Waals surface area (Å²) in [5, 5.41) is 2.06. The molecule has 7 heteroatoms. The predicted molar refractivity (Wildman–Crippen MR) is 139 cm³/mol. The van der Waals surface area contributed by atoms with Crippen LogP contribution in [0, 0.1) is 0 Å². The quantitative estimate of drug-likeness (QED) is 0.466. The Bertz CT molecular complexity index is 1010. The molecule has 0 bridgehead atoms. The van der Waals surface area contributed by atoms with Gasteiger partial charge in [0.05, 0.1) is 31.5 Å². The Hall–Kier alpha value is -1.54. The van der Waals surface area contributed by atoms with Crippen molar-refractivity contribution in [1.82, 2.24) is 0 Å². The van der Waals surface area contributed by atoms with E-state index in [0.717, 1.165) is 33.3 Å². The number of fused-ring (bicyclic) bond motifs is 1. The molecule has 182 valence electrons. The molecule has 1 heterocycles. The number of hydrogen-bond acceptors (Lipinski definition) is 5. The van der Waals surface area contributed by atoms with E-state index in [0.29, 0.717) is 0 Å². The van der Waals surface area contributed by atoms with Crippen molar-refractivity contribution in [2.24, 2.45) is 0 Å². The van der Waals surface area contributed by atoms with Gasteiger partial charge in [-0.05, 0) is 64.3 Å². The summed E-state index contributed by atoms with van der Waals surface area (Å²) in [6.07, 6.45) is -0.139. The van der Waals surface area contributed by atoms with Crippen molar-refractivity contribution in [3.63, 3.8) is 0 Å². The second-order valence-corrected chi connectivity index (χ2v) is 16.4. The Morgan fingerprint density at radius 3 is 1.97 bits per heavy atom. The van der Waals surface area contributed by atoms with E-state index in [1.54, 1.807) is 14.2 Å². The highest BCUT2D eigenvalue weighted by molar-refractivity contribution is 6.74. The first kappa shape index (κ1) is 26.1. The van der Waals surface area contributed by atoms with E-state index in [1.165, 1.54) is 0 Å². The molecule has 33 heavy (non-hydrogen) atoms. The topological polar surface area (TPSA) is 46.2 Å². The average molecular weight is 473 g/mol. The Kier molecular flexibility index (Phi) is 6.79. The van der Waals surface area contributed by atoms with E-state index in [9.17, 15) is 0 Å². The molecule has 0 saturated carbocycles. The molecule has 0 N–H and O–H groups in total. The van der Waals surface area contributed by atoms with Gasteiger partial charge in [0, 0.05) is 16.3 Å². The van der Waals surface area contributed by atoms with Crippen LogP contribution in [0.3, 0.4) is 0 Å². The van der Waals surface area contributed by atoms with Gasteiger partial charge in [-0.3, -0.25) is 0 Å². The maximum Gasteiger partial charge on any atom is 0.494 e. The van der Waals surface area contributed by atoms with E-state index in [2.05, 4.69) is 80.6 Å². The first-order valence-corrected chi connectivity index (χ1v) is 14.7. The molecule has 5 nitrogen and oxygen atoms in total. The summed E-state index contributed by atoms with van der Waals surface area (Å²) in [6.45, 7) is 21.6. The van der Waals surface area contributed by atoms with Crippen LogP contribution in [-0.4, -0.2) is 40.9 Å². The summed E-state index contributed by atoms with van der Waals surface area (Å²) in [7, 11) is 0.988. The van der Waals surface area contributed by atoms with Gasteiger partial charge in [-0.2, -0.15) is 0 Å². The zero-order valence-electron chi connectivity index (χ0n) is 22.5. The molecule has 1 unspecified atom stereocenters. The summed E-state index contributed by atoms with van der Waals surface area (Å²) in [5.74, 6) is 1.60. The molecule has 1 fully saturated rings. The number of ether oxygens (including phenoxy) is 2. The molecule has 1 saturated heterocycles. The minimum atomic E-state index is -1.98. The SMILES string of the molecule is COc1cc(C(C)O[Si](C)(C)C(C)(C)C)c(OC)c2cc(B3OC(C)(C)C(C)(C)O3)ccc12. The van der Waals surface area contributed by atoms with E-state index in [4.69, 9.17) is 23.2 Å². The maximum absolute atomic E-state index is 6.72.